The van der Waals surface area contributed by atoms with E-state index in [1.54, 1.807) is 30.3 Å². The standard InChI is InChI=1S/C26H40F2OS/c1-2-3-5-8-20-11-15-22(16-12-20)23-17-13-21(14-18-23)19-25(27)26(28)30(29)24-9-6-4-7-10-24/h4,6-7,9-10,20-23,25-26H,2-3,5,8,11-19H2,1H3/t20?,21?,22?,23?,25-,26+,30?/m1/s1. The second kappa shape index (κ2) is 12.3. The molecule has 1 nitrogen and oxygen atoms in total. The van der Waals surface area contributed by atoms with Gasteiger partial charge in [0.1, 0.15) is 6.17 Å². The van der Waals surface area contributed by atoms with Crippen molar-refractivity contribution in [2.45, 2.75) is 107 Å². The fourth-order valence-electron chi connectivity index (χ4n) is 5.77. The van der Waals surface area contributed by atoms with E-state index in [0.29, 0.717) is 4.90 Å². The maximum Gasteiger partial charge on any atom is 0.210 e. The molecule has 1 aromatic rings. The van der Waals surface area contributed by atoms with Gasteiger partial charge in [0.05, 0.1) is 10.8 Å². The van der Waals surface area contributed by atoms with E-state index < -0.39 is 22.5 Å². The van der Waals surface area contributed by atoms with Crippen LogP contribution >= 0.6 is 0 Å². The number of benzene rings is 1. The Morgan fingerprint density at radius 2 is 1.43 bits per heavy atom. The molecule has 0 aliphatic heterocycles. The number of alkyl halides is 2. The minimum absolute atomic E-state index is 0.219. The first-order valence-corrected chi connectivity index (χ1v) is 13.5. The van der Waals surface area contributed by atoms with E-state index in [2.05, 4.69) is 6.92 Å². The van der Waals surface area contributed by atoms with Crippen molar-refractivity contribution in [1.82, 2.24) is 0 Å². The minimum atomic E-state index is -1.92. The zero-order valence-corrected chi connectivity index (χ0v) is 19.4. The Balaban J connectivity index is 1.37. The van der Waals surface area contributed by atoms with Gasteiger partial charge in [0, 0.05) is 4.90 Å². The van der Waals surface area contributed by atoms with Crippen molar-refractivity contribution in [1.29, 1.82) is 0 Å². The van der Waals surface area contributed by atoms with Crippen molar-refractivity contribution < 1.29 is 13.0 Å². The lowest BCUT2D eigenvalue weighted by atomic mass is 9.68. The molecule has 2 aliphatic carbocycles. The summed E-state index contributed by atoms with van der Waals surface area (Å²) < 4.78 is 41.3. The van der Waals surface area contributed by atoms with Gasteiger partial charge in [0.15, 0.2) is 0 Å². The van der Waals surface area contributed by atoms with Gasteiger partial charge in [0.25, 0.3) is 0 Å². The molecule has 0 bridgehead atoms. The quantitative estimate of drug-likeness (QED) is 0.338. The molecule has 3 rings (SSSR count). The van der Waals surface area contributed by atoms with Crippen LogP contribution in [0.4, 0.5) is 8.78 Å². The summed E-state index contributed by atoms with van der Waals surface area (Å²) in [6.45, 7) is 2.27. The Hall–Kier alpha value is -0.770. The molecule has 0 spiro atoms. The number of hydrogen-bond donors (Lipinski definition) is 0. The molecule has 0 amide bonds. The lowest BCUT2D eigenvalue weighted by Gasteiger charge is -2.38. The summed E-state index contributed by atoms with van der Waals surface area (Å²) in [6, 6.07) is 8.44. The van der Waals surface area contributed by atoms with Gasteiger partial charge in [-0.05, 0) is 67.9 Å². The average molecular weight is 439 g/mol. The lowest BCUT2D eigenvalue weighted by Crippen LogP contribution is -2.29. The third-order valence-corrected chi connectivity index (χ3v) is 9.13. The fraction of sp³-hybridized carbons (Fsp3) is 0.769. The normalized spacial score (nSPS) is 30.5. The largest absolute Gasteiger partial charge is 0.251 e. The van der Waals surface area contributed by atoms with Crippen LogP contribution in [0.2, 0.25) is 0 Å². The number of hydrogen-bond acceptors (Lipinski definition) is 1. The second-order valence-electron chi connectivity index (χ2n) is 9.77. The fourth-order valence-corrected chi connectivity index (χ4v) is 6.84. The average Bonchev–Trinajstić information content (AvgIpc) is 2.80. The minimum Gasteiger partial charge on any atom is -0.251 e. The molecule has 1 aromatic carbocycles. The second-order valence-corrected chi connectivity index (χ2v) is 11.3. The van der Waals surface area contributed by atoms with Crippen molar-refractivity contribution in [2.24, 2.45) is 23.7 Å². The molecule has 2 aliphatic rings. The van der Waals surface area contributed by atoms with Gasteiger partial charge in [-0.15, -0.1) is 0 Å². The summed E-state index contributed by atoms with van der Waals surface area (Å²) >= 11 is 0. The van der Waals surface area contributed by atoms with E-state index >= 15 is 0 Å². The van der Waals surface area contributed by atoms with Crippen LogP contribution in [0.25, 0.3) is 0 Å². The van der Waals surface area contributed by atoms with Crippen molar-refractivity contribution >= 4 is 10.8 Å². The highest BCUT2D eigenvalue weighted by Gasteiger charge is 2.34. The van der Waals surface area contributed by atoms with E-state index in [1.807, 2.05) is 0 Å². The highest BCUT2D eigenvalue weighted by molar-refractivity contribution is 7.85. The zero-order valence-electron chi connectivity index (χ0n) is 18.6. The molecular weight excluding hydrogens is 398 g/mol. The topological polar surface area (TPSA) is 17.1 Å². The Kier molecular flexibility index (Phi) is 9.80. The number of rotatable bonds is 10. The molecule has 30 heavy (non-hydrogen) atoms. The Labute approximate surface area is 184 Å². The van der Waals surface area contributed by atoms with Gasteiger partial charge in [0.2, 0.25) is 5.50 Å². The maximum atomic E-state index is 14.6. The molecule has 3 atom stereocenters. The summed E-state index contributed by atoms with van der Waals surface area (Å²) in [7, 11) is -1.92. The summed E-state index contributed by atoms with van der Waals surface area (Å²) in [5.74, 6) is 2.83. The van der Waals surface area contributed by atoms with Crippen LogP contribution in [0.5, 0.6) is 0 Å². The van der Waals surface area contributed by atoms with Gasteiger partial charge in [-0.25, -0.2) is 8.78 Å². The van der Waals surface area contributed by atoms with E-state index in [0.717, 1.165) is 30.6 Å². The molecule has 2 fully saturated rings. The van der Waals surface area contributed by atoms with Crippen LogP contribution in [0.15, 0.2) is 35.2 Å². The van der Waals surface area contributed by atoms with Crippen LogP contribution in [0.3, 0.4) is 0 Å². The summed E-state index contributed by atoms with van der Waals surface area (Å²) in [6.07, 6.45) is 14.0. The first-order valence-electron chi connectivity index (χ1n) is 12.3. The molecule has 0 heterocycles. The summed E-state index contributed by atoms with van der Waals surface area (Å²) in [5.41, 5.74) is -1.92. The molecule has 1 unspecified atom stereocenters. The molecule has 2 saturated carbocycles. The van der Waals surface area contributed by atoms with Crippen molar-refractivity contribution in [3.8, 4) is 0 Å². The van der Waals surface area contributed by atoms with E-state index in [1.165, 1.54) is 64.2 Å². The number of unbranched alkanes of at least 4 members (excludes halogenated alkanes) is 2. The Morgan fingerprint density at radius 3 is 2.00 bits per heavy atom. The van der Waals surface area contributed by atoms with Crippen LogP contribution in [-0.4, -0.2) is 15.9 Å². The first-order chi connectivity index (χ1) is 14.6. The molecule has 0 N–H and O–H groups in total. The van der Waals surface area contributed by atoms with Gasteiger partial charge in [-0.2, -0.15) is 0 Å². The first kappa shape index (κ1) is 23.9. The summed E-state index contributed by atoms with van der Waals surface area (Å²) in [5, 5.41) is 0. The molecule has 0 aromatic heterocycles. The monoisotopic (exact) mass is 438 g/mol. The van der Waals surface area contributed by atoms with E-state index in [9.17, 15) is 13.0 Å². The maximum absolute atomic E-state index is 14.6. The molecule has 0 radical (unpaired) electrons. The van der Waals surface area contributed by atoms with Crippen LogP contribution < -0.4 is 0 Å². The lowest BCUT2D eigenvalue weighted by molar-refractivity contribution is 0.119. The third-order valence-electron chi connectivity index (χ3n) is 7.69. The smallest absolute Gasteiger partial charge is 0.210 e. The van der Waals surface area contributed by atoms with Crippen molar-refractivity contribution in [3.63, 3.8) is 0 Å². The van der Waals surface area contributed by atoms with Gasteiger partial charge >= 0.3 is 0 Å². The van der Waals surface area contributed by atoms with Crippen LogP contribution in [0.1, 0.15) is 90.4 Å². The highest BCUT2D eigenvalue weighted by Crippen LogP contribution is 2.43. The van der Waals surface area contributed by atoms with Crippen molar-refractivity contribution in [3.05, 3.63) is 30.3 Å². The molecule has 4 heteroatoms. The molecule has 170 valence electrons. The van der Waals surface area contributed by atoms with Crippen molar-refractivity contribution in [2.75, 3.05) is 0 Å². The summed E-state index contributed by atoms with van der Waals surface area (Å²) in [4.78, 5) is 0.377. The van der Waals surface area contributed by atoms with Crippen LogP contribution in [-0.2, 0) is 10.8 Å². The van der Waals surface area contributed by atoms with Gasteiger partial charge < -0.3 is 0 Å². The molecular formula is C26H40F2OS. The van der Waals surface area contributed by atoms with E-state index in [4.69, 9.17) is 0 Å². The van der Waals surface area contributed by atoms with E-state index in [-0.39, 0.29) is 12.3 Å². The predicted molar refractivity (Wildman–Crippen MR) is 122 cm³/mol. The molecule has 0 saturated heterocycles. The SMILES string of the molecule is CCCCCC1CCC(C2CCC(C[C@@H](F)[C@@H](F)S(=O)c3ccccc3)CC2)CC1. The highest BCUT2D eigenvalue weighted by atomic mass is 32.2. The zero-order chi connectivity index (χ0) is 21.3. The van der Waals surface area contributed by atoms with Crippen LogP contribution in [0, 0.1) is 23.7 Å². The third kappa shape index (κ3) is 6.87. The number of halogens is 2. The Morgan fingerprint density at radius 1 is 0.867 bits per heavy atom. The Bertz CT molecular complexity index is 621. The predicted octanol–water partition coefficient (Wildman–Crippen LogP) is 8.01. The van der Waals surface area contributed by atoms with Gasteiger partial charge in [-0.3, -0.25) is 4.21 Å². The van der Waals surface area contributed by atoms with Gasteiger partial charge in [-0.1, -0.05) is 76.5 Å².